The highest BCUT2D eigenvalue weighted by Gasteiger charge is 2.25. The second kappa shape index (κ2) is 8.54. The first-order valence-electron chi connectivity index (χ1n) is 8.66. The average molecular weight is 406 g/mol. The van der Waals surface area contributed by atoms with Crippen LogP contribution in [0.2, 0.25) is 5.15 Å². The number of carbonyl (C=O) groups is 2. The van der Waals surface area contributed by atoms with Crippen LogP contribution in [0.15, 0.2) is 41.9 Å². The molecule has 6 nitrogen and oxygen atoms in total. The average Bonchev–Trinajstić information content (AvgIpc) is 3.22. The Hall–Kier alpha value is -2.38. The molecule has 0 saturated heterocycles. The number of rotatable bonds is 7. The number of aromatic nitrogens is 2. The van der Waals surface area contributed by atoms with Crippen LogP contribution >= 0.6 is 22.9 Å². The molecule has 0 radical (unpaired) electrons. The largest absolute Gasteiger partial charge is 0.448 e. The van der Waals surface area contributed by atoms with Gasteiger partial charge < -0.3 is 10.1 Å². The number of fused-ring (bicyclic) bond motifs is 1. The van der Waals surface area contributed by atoms with Gasteiger partial charge in [0.2, 0.25) is 0 Å². The van der Waals surface area contributed by atoms with Gasteiger partial charge in [0.15, 0.2) is 21.9 Å². The van der Waals surface area contributed by atoms with E-state index in [0.29, 0.717) is 11.5 Å². The van der Waals surface area contributed by atoms with E-state index in [1.165, 1.54) is 18.3 Å². The van der Waals surface area contributed by atoms with Crippen molar-refractivity contribution in [1.29, 1.82) is 0 Å². The van der Waals surface area contributed by atoms with Crippen molar-refractivity contribution < 1.29 is 14.3 Å². The third-order valence-corrected chi connectivity index (χ3v) is 5.37. The maximum absolute atomic E-state index is 12.4. The predicted molar refractivity (Wildman–Crippen MR) is 105 cm³/mol. The highest BCUT2D eigenvalue weighted by Crippen LogP contribution is 2.22. The van der Waals surface area contributed by atoms with E-state index in [-0.39, 0.29) is 22.7 Å². The molecule has 1 amide bonds. The number of hydrogen-bond acceptors (Lipinski definition) is 5. The summed E-state index contributed by atoms with van der Waals surface area (Å²) in [4.78, 5) is 29.5. The van der Waals surface area contributed by atoms with Crippen LogP contribution in [0.25, 0.3) is 4.96 Å². The first-order chi connectivity index (χ1) is 13.0. The van der Waals surface area contributed by atoms with E-state index in [1.807, 2.05) is 30.3 Å². The van der Waals surface area contributed by atoms with Gasteiger partial charge in [0, 0.05) is 24.0 Å². The zero-order valence-corrected chi connectivity index (χ0v) is 16.6. The summed E-state index contributed by atoms with van der Waals surface area (Å²) in [6.45, 7) is 4.08. The molecule has 0 unspecified atom stereocenters. The molecule has 1 N–H and O–H groups in total. The Kier molecular flexibility index (Phi) is 6.13. The van der Waals surface area contributed by atoms with E-state index in [0.717, 1.165) is 12.0 Å². The smallest absolute Gasteiger partial charge is 0.359 e. The predicted octanol–water partition coefficient (Wildman–Crippen LogP) is 3.90. The summed E-state index contributed by atoms with van der Waals surface area (Å²) in [7, 11) is 0. The number of esters is 1. The van der Waals surface area contributed by atoms with Crippen LogP contribution in [0.1, 0.15) is 42.2 Å². The van der Waals surface area contributed by atoms with Crippen LogP contribution in [-0.2, 0) is 9.53 Å². The first-order valence-corrected chi connectivity index (χ1v) is 9.91. The summed E-state index contributed by atoms with van der Waals surface area (Å²) in [5, 5.41) is 4.72. The van der Waals surface area contributed by atoms with Gasteiger partial charge in [-0.05, 0) is 18.9 Å². The van der Waals surface area contributed by atoms with Crippen molar-refractivity contribution in [3.8, 4) is 0 Å². The van der Waals surface area contributed by atoms with Crippen LogP contribution in [0.3, 0.4) is 0 Å². The van der Waals surface area contributed by atoms with Gasteiger partial charge in [0.25, 0.3) is 5.91 Å². The molecule has 1 aromatic carbocycles. The molecule has 0 aliphatic heterocycles. The van der Waals surface area contributed by atoms with Crippen molar-refractivity contribution in [3.05, 3.63) is 58.3 Å². The lowest BCUT2D eigenvalue weighted by atomic mass is 9.96. The molecule has 2 heterocycles. The number of nitrogens with zero attached hydrogens (tertiary/aromatic N) is 2. The van der Waals surface area contributed by atoms with E-state index < -0.39 is 12.1 Å². The summed E-state index contributed by atoms with van der Waals surface area (Å²) in [6, 6.07) is 9.99. The molecule has 0 aliphatic rings. The minimum absolute atomic E-state index is 0.0644. The van der Waals surface area contributed by atoms with Crippen LogP contribution < -0.4 is 5.32 Å². The number of amides is 1. The van der Waals surface area contributed by atoms with Crippen molar-refractivity contribution >= 4 is 39.8 Å². The third-order valence-electron chi connectivity index (χ3n) is 4.35. The molecule has 3 rings (SSSR count). The third kappa shape index (κ3) is 4.31. The fraction of sp³-hybridized carbons (Fsp3) is 0.316. The van der Waals surface area contributed by atoms with Crippen molar-refractivity contribution in [2.24, 2.45) is 0 Å². The van der Waals surface area contributed by atoms with Gasteiger partial charge in [0.05, 0.1) is 0 Å². The van der Waals surface area contributed by atoms with Crippen LogP contribution in [-0.4, -0.2) is 33.9 Å². The molecule has 2 aromatic heterocycles. The van der Waals surface area contributed by atoms with Gasteiger partial charge >= 0.3 is 5.97 Å². The zero-order chi connectivity index (χ0) is 19.4. The highest BCUT2D eigenvalue weighted by molar-refractivity contribution is 7.15. The maximum atomic E-state index is 12.4. The second-order valence-corrected chi connectivity index (χ2v) is 7.35. The quantitative estimate of drug-likeness (QED) is 0.605. The van der Waals surface area contributed by atoms with Gasteiger partial charge in [-0.3, -0.25) is 9.20 Å². The summed E-state index contributed by atoms with van der Waals surface area (Å²) in [5.41, 5.74) is 1.29. The van der Waals surface area contributed by atoms with Crippen molar-refractivity contribution in [2.75, 3.05) is 6.54 Å². The number of hydrogen-bond donors (Lipinski definition) is 1. The molecule has 27 heavy (non-hydrogen) atoms. The molecule has 8 heteroatoms. The van der Waals surface area contributed by atoms with Crippen LogP contribution in [0.5, 0.6) is 0 Å². The maximum Gasteiger partial charge on any atom is 0.359 e. The summed E-state index contributed by atoms with van der Waals surface area (Å²) >= 11 is 7.39. The Morgan fingerprint density at radius 1 is 1.33 bits per heavy atom. The molecule has 0 spiro atoms. The normalized spacial score (nSPS) is 13.3. The molecular formula is C19H20ClN3O3S. The standard InChI is InChI=1S/C19H20ClN3O3S/c1-3-13(14-7-5-4-6-8-14)11-21-17(24)12(2)26-18(25)15-16(20)22-19-23(15)9-10-27-19/h4-10,12-13H,3,11H2,1-2H3,(H,21,24)/t12-,13+/m1/s1. The van der Waals surface area contributed by atoms with Crippen molar-refractivity contribution in [3.63, 3.8) is 0 Å². The number of ether oxygens (including phenoxy) is 1. The Morgan fingerprint density at radius 2 is 2.07 bits per heavy atom. The lowest BCUT2D eigenvalue weighted by molar-refractivity contribution is -0.129. The summed E-state index contributed by atoms with van der Waals surface area (Å²) in [5.74, 6) is -0.823. The Labute approximate surface area is 166 Å². The van der Waals surface area contributed by atoms with E-state index in [2.05, 4.69) is 17.2 Å². The number of halogens is 1. The SMILES string of the molecule is CC[C@@H](CNC(=O)[C@@H](C)OC(=O)c1c(Cl)nc2sccn12)c1ccccc1. The zero-order valence-electron chi connectivity index (χ0n) is 15.0. The number of benzene rings is 1. The minimum atomic E-state index is -0.939. The van der Waals surface area contributed by atoms with E-state index >= 15 is 0 Å². The first kappa shape index (κ1) is 19.4. The van der Waals surface area contributed by atoms with Gasteiger partial charge in [-0.15, -0.1) is 11.3 Å². The van der Waals surface area contributed by atoms with E-state index in [9.17, 15) is 9.59 Å². The lowest BCUT2D eigenvalue weighted by Gasteiger charge is -2.18. The molecule has 2 atom stereocenters. The molecular weight excluding hydrogens is 386 g/mol. The fourth-order valence-corrected chi connectivity index (χ4v) is 3.81. The van der Waals surface area contributed by atoms with Crippen LogP contribution in [0.4, 0.5) is 0 Å². The highest BCUT2D eigenvalue weighted by atomic mass is 35.5. The second-order valence-electron chi connectivity index (χ2n) is 6.12. The summed E-state index contributed by atoms with van der Waals surface area (Å²) in [6.07, 6.45) is 1.64. The fourth-order valence-electron chi connectivity index (χ4n) is 2.80. The molecule has 0 bridgehead atoms. The molecule has 0 saturated carbocycles. The van der Waals surface area contributed by atoms with Gasteiger partial charge in [0.1, 0.15) is 0 Å². The molecule has 3 aromatic rings. The van der Waals surface area contributed by atoms with Gasteiger partial charge in [-0.1, -0.05) is 48.9 Å². The van der Waals surface area contributed by atoms with Crippen LogP contribution in [0, 0.1) is 0 Å². The monoisotopic (exact) mass is 405 g/mol. The molecule has 142 valence electrons. The number of carbonyl (C=O) groups excluding carboxylic acids is 2. The number of imidazole rings is 1. The number of nitrogens with one attached hydrogen (secondary N) is 1. The Balaban J connectivity index is 1.59. The molecule has 0 fully saturated rings. The summed E-state index contributed by atoms with van der Waals surface area (Å²) < 4.78 is 6.85. The van der Waals surface area contributed by atoms with E-state index in [4.69, 9.17) is 16.3 Å². The Bertz CT molecular complexity index is 938. The minimum Gasteiger partial charge on any atom is -0.448 e. The molecule has 0 aliphatic carbocycles. The topological polar surface area (TPSA) is 72.7 Å². The number of thiazole rings is 1. The van der Waals surface area contributed by atoms with Crippen molar-refractivity contribution in [2.45, 2.75) is 32.3 Å². The van der Waals surface area contributed by atoms with Crippen molar-refractivity contribution in [1.82, 2.24) is 14.7 Å². The van der Waals surface area contributed by atoms with Gasteiger partial charge in [-0.25, -0.2) is 9.78 Å². The van der Waals surface area contributed by atoms with Gasteiger partial charge in [-0.2, -0.15) is 0 Å². The Morgan fingerprint density at radius 3 is 2.78 bits per heavy atom. The lowest BCUT2D eigenvalue weighted by Crippen LogP contribution is -2.38. The van der Waals surface area contributed by atoms with E-state index in [1.54, 1.807) is 16.0 Å².